The van der Waals surface area contributed by atoms with Gasteiger partial charge in [0.15, 0.2) is 0 Å². The summed E-state index contributed by atoms with van der Waals surface area (Å²) in [6, 6.07) is 0.242. The first-order chi connectivity index (χ1) is 14.4. The molecule has 4 aliphatic rings. The standard InChI is InChI=1S/C20H40N6O3S/c1-4-18(29-3)14-8-9-21-19(10-14)26-13-16(12-23-26)30(27,28)24-17-7-5-6-15-11-22-25(2)20(15)17/h14-24H,4-13H2,1-3H3/t14?,15?,16?,17?,18-,19?,20?/m1/s1. The van der Waals surface area contributed by atoms with E-state index in [2.05, 4.69) is 37.8 Å². The van der Waals surface area contributed by atoms with Crippen molar-refractivity contribution in [3.05, 3.63) is 0 Å². The molecule has 9 nitrogen and oxygen atoms in total. The zero-order valence-corrected chi connectivity index (χ0v) is 19.5. The molecule has 6 unspecified atom stereocenters. The summed E-state index contributed by atoms with van der Waals surface area (Å²) in [5.41, 5.74) is 6.74. The third-order valence-electron chi connectivity index (χ3n) is 7.74. The van der Waals surface area contributed by atoms with Gasteiger partial charge in [0, 0.05) is 45.9 Å². The van der Waals surface area contributed by atoms with Crippen molar-refractivity contribution in [1.82, 2.24) is 30.9 Å². The van der Waals surface area contributed by atoms with E-state index >= 15 is 0 Å². The van der Waals surface area contributed by atoms with Gasteiger partial charge in [0.25, 0.3) is 0 Å². The van der Waals surface area contributed by atoms with Gasteiger partial charge in [0.2, 0.25) is 10.0 Å². The maximum Gasteiger partial charge on any atom is 0.217 e. The van der Waals surface area contributed by atoms with Gasteiger partial charge in [0.1, 0.15) is 5.25 Å². The molecule has 7 atom stereocenters. The lowest BCUT2D eigenvalue weighted by atomic mass is 9.82. The van der Waals surface area contributed by atoms with E-state index in [1.165, 1.54) is 6.42 Å². The molecule has 0 amide bonds. The number of likely N-dealkylation sites (N-methyl/N-ethyl adjacent to an activating group) is 1. The van der Waals surface area contributed by atoms with Crippen molar-refractivity contribution in [2.75, 3.05) is 40.3 Å². The first-order valence-corrected chi connectivity index (χ1v) is 13.2. The quantitative estimate of drug-likeness (QED) is 0.430. The summed E-state index contributed by atoms with van der Waals surface area (Å²) in [5, 5.41) is 7.35. The molecular weight excluding hydrogens is 404 g/mol. The van der Waals surface area contributed by atoms with Crippen molar-refractivity contribution < 1.29 is 13.2 Å². The van der Waals surface area contributed by atoms with Gasteiger partial charge in [-0.1, -0.05) is 13.3 Å². The Bertz CT molecular complexity index is 673. The molecule has 30 heavy (non-hydrogen) atoms. The smallest absolute Gasteiger partial charge is 0.217 e. The molecule has 1 saturated carbocycles. The van der Waals surface area contributed by atoms with E-state index in [0.29, 0.717) is 24.9 Å². The molecule has 0 aromatic carbocycles. The predicted molar refractivity (Wildman–Crippen MR) is 117 cm³/mol. The predicted octanol–water partition coefficient (Wildman–Crippen LogP) is -0.167. The number of sulfonamides is 1. The normalized spacial score (nSPS) is 39.8. The van der Waals surface area contributed by atoms with E-state index in [1.807, 2.05) is 7.05 Å². The van der Waals surface area contributed by atoms with Gasteiger partial charge in [-0.2, -0.15) is 0 Å². The van der Waals surface area contributed by atoms with E-state index < -0.39 is 15.3 Å². The van der Waals surface area contributed by atoms with Crippen LogP contribution < -0.4 is 20.9 Å². The van der Waals surface area contributed by atoms with Crippen LogP contribution in [0.1, 0.15) is 45.4 Å². The minimum atomic E-state index is -3.39. The number of methoxy groups -OCH3 is 1. The highest BCUT2D eigenvalue weighted by molar-refractivity contribution is 7.90. The molecule has 0 spiro atoms. The Balaban J connectivity index is 1.35. The molecule has 0 radical (unpaired) electrons. The van der Waals surface area contributed by atoms with Crippen molar-refractivity contribution in [1.29, 1.82) is 0 Å². The Morgan fingerprint density at radius 2 is 2.03 bits per heavy atom. The Kier molecular flexibility index (Phi) is 7.36. The molecule has 0 bridgehead atoms. The molecule has 4 fully saturated rings. The SMILES string of the molecule is CC[C@@H](OC)C1CCNC(N2CC(S(=O)(=O)NC3CCCC4CNN(C)C43)CN2)C1. The zero-order chi connectivity index (χ0) is 21.3. The van der Waals surface area contributed by atoms with Crippen LogP contribution in [0.4, 0.5) is 0 Å². The van der Waals surface area contributed by atoms with Crippen molar-refractivity contribution in [2.24, 2.45) is 11.8 Å². The average Bonchev–Trinajstić information content (AvgIpc) is 3.38. The molecule has 1 aliphatic carbocycles. The monoisotopic (exact) mass is 444 g/mol. The molecule has 0 aromatic heterocycles. The summed E-state index contributed by atoms with van der Waals surface area (Å²) in [5.74, 6) is 1.04. The number of hydrogen-bond donors (Lipinski definition) is 4. The van der Waals surface area contributed by atoms with Gasteiger partial charge >= 0.3 is 0 Å². The molecule has 0 aromatic rings. The van der Waals surface area contributed by atoms with E-state index in [1.54, 1.807) is 7.11 Å². The highest BCUT2D eigenvalue weighted by atomic mass is 32.2. The van der Waals surface area contributed by atoms with Crippen LogP contribution in [-0.2, 0) is 14.8 Å². The second-order valence-electron chi connectivity index (χ2n) is 9.50. The third kappa shape index (κ3) is 4.71. The number of nitrogens with zero attached hydrogens (tertiary/aromatic N) is 2. The van der Waals surface area contributed by atoms with Crippen LogP contribution in [0.3, 0.4) is 0 Å². The highest BCUT2D eigenvalue weighted by Gasteiger charge is 2.44. The molecule has 3 heterocycles. The lowest BCUT2D eigenvalue weighted by Crippen LogP contribution is -2.56. The highest BCUT2D eigenvalue weighted by Crippen LogP contribution is 2.32. The fraction of sp³-hybridized carbons (Fsp3) is 1.00. The number of ether oxygens (including phenoxy) is 1. The number of rotatable bonds is 7. The average molecular weight is 445 g/mol. The van der Waals surface area contributed by atoms with Crippen LogP contribution in [-0.4, -0.2) is 88.4 Å². The first kappa shape index (κ1) is 22.8. The molecule has 4 N–H and O–H groups in total. The van der Waals surface area contributed by atoms with Gasteiger partial charge < -0.3 is 10.1 Å². The Labute approximate surface area is 181 Å². The van der Waals surface area contributed by atoms with Crippen LogP contribution in [0.15, 0.2) is 0 Å². The summed E-state index contributed by atoms with van der Waals surface area (Å²) >= 11 is 0. The molecule has 3 saturated heterocycles. The number of piperidine rings is 1. The van der Waals surface area contributed by atoms with Crippen molar-refractivity contribution in [3.63, 3.8) is 0 Å². The first-order valence-electron chi connectivity index (χ1n) is 11.7. The van der Waals surface area contributed by atoms with Crippen LogP contribution in [0, 0.1) is 11.8 Å². The van der Waals surface area contributed by atoms with Crippen molar-refractivity contribution in [2.45, 2.75) is 75.1 Å². The summed E-state index contributed by atoms with van der Waals surface area (Å²) in [4.78, 5) is 0. The molecule has 10 heteroatoms. The topological polar surface area (TPSA) is 98.0 Å². The fourth-order valence-corrected chi connectivity index (χ4v) is 7.61. The van der Waals surface area contributed by atoms with Gasteiger partial charge in [0.05, 0.1) is 12.3 Å². The van der Waals surface area contributed by atoms with E-state index in [9.17, 15) is 8.42 Å². The van der Waals surface area contributed by atoms with Crippen LogP contribution in [0.25, 0.3) is 0 Å². The second-order valence-corrected chi connectivity index (χ2v) is 11.5. The number of fused-ring (bicyclic) bond motifs is 1. The van der Waals surface area contributed by atoms with E-state index in [0.717, 1.165) is 45.2 Å². The molecule has 4 rings (SSSR count). The maximum atomic E-state index is 13.2. The maximum absolute atomic E-state index is 13.2. The van der Waals surface area contributed by atoms with E-state index in [-0.39, 0.29) is 24.4 Å². The minimum Gasteiger partial charge on any atom is -0.381 e. The van der Waals surface area contributed by atoms with Gasteiger partial charge in [-0.15, -0.1) is 0 Å². The Morgan fingerprint density at radius 3 is 2.80 bits per heavy atom. The van der Waals surface area contributed by atoms with Gasteiger partial charge in [-0.05, 0) is 50.5 Å². The van der Waals surface area contributed by atoms with Crippen molar-refractivity contribution in [3.8, 4) is 0 Å². The third-order valence-corrected chi connectivity index (χ3v) is 9.57. The molecular formula is C20H40N6O3S. The Morgan fingerprint density at radius 1 is 1.20 bits per heavy atom. The lowest BCUT2D eigenvalue weighted by molar-refractivity contribution is 0.00408. The minimum absolute atomic E-state index is 0.00741. The number of hydrogen-bond acceptors (Lipinski definition) is 8. The summed E-state index contributed by atoms with van der Waals surface area (Å²) in [6.45, 7) is 5.04. The second kappa shape index (κ2) is 9.66. The lowest BCUT2D eigenvalue weighted by Gasteiger charge is -2.38. The molecule has 174 valence electrons. The van der Waals surface area contributed by atoms with E-state index in [4.69, 9.17) is 4.74 Å². The van der Waals surface area contributed by atoms with Crippen molar-refractivity contribution >= 4 is 10.0 Å². The largest absolute Gasteiger partial charge is 0.381 e. The van der Waals surface area contributed by atoms with Crippen LogP contribution in [0.2, 0.25) is 0 Å². The summed E-state index contributed by atoms with van der Waals surface area (Å²) in [7, 11) is 0.431. The molecule has 3 aliphatic heterocycles. The summed E-state index contributed by atoms with van der Waals surface area (Å²) < 4.78 is 35.2. The van der Waals surface area contributed by atoms with Gasteiger partial charge in [-0.25, -0.2) is 23.2 Å². The fourth-order valence-electron chi connectivity index (χ4n) is 6.09. The Hall–Kier alpha value is -0.330. The van der Waals surface area contributed by atoms with Crippen LogP contribution in [0.5, 0.6) is 0 Å². The zero-order valence-electron chi connectivity index (χ0n) is 18.6. The number of nitrogens with one attached hydrogen (secondary N) is 4. The number of hydrazine groups is 2. The van der Waals surface area contributed by atoms with Crippen LogP contribution >= 0.6 is 0 Å². The summed E-state index contributed by atoms with van der Waals surface area (Å²) in [6.07, 6.45) is 6.69. The van der Waals surface area contributed by atoms with Gasteiger partial charge in [-0.3, -0.25) is 10.9 Å².